The zero-order valence-electron chi connectivity index (χ0n) is 27.7. The van der Waals surface area contributed by atoms with E-state index < -0.39 is 0 Å². The molecular formula is C46H27N5O. The molecule has 0 saturated heterocycles. The van der Waals surface area contributed by atoms with Crippen LogP contribution in [0.15, 0.2) is 168 Å². The van der Waals surface area contributed by atoms with E-state index in [2.05, 4.69) is 113 Å². The van der Waals surface area contributed by atoms with Crippen molar-refractivity contribution in [3.8, 4) is 51.0 Å². The van der Waals surface area contributed by atoms with Gasteiger partial charge >= 0.3 is 0 Å². The summed E-state index contributed by atoms with van der Waals surface area (Å²) in [5, 5.41) is 3.98. The van der Waals surface area contributed by atoms with Gasteiger partial charge in [-0.05, 0) is 59.7 Å². The standard InChI is InChI=1S/C46H27N5O/c1-47-38-16-10-18-42-43(38)37-27-32(24-26-41(37)52-42)45-48-44(31-21-19-30(20-22-31)29-11-4-2-5-12-29)49-46(50-45)33-23-25-36-35-15-8-9-17-39(35)51(40(36)28-33)34-13-6-3-7-14-34/h2-28H. The molecule has 0 spiro atoms. The Labute approximate surface area is 298 Å². The van der Waals surface area contributed by atoms with E-state index in [1.807, 2.05) is 60.7 Å². The van der Waals surface area contributed by atoms with Crippen molar-refractivity contribution in [2.75, 3.05) is 0 Å². The van der Waals surface area contributed by atoms with E-state index >= 15 is 0 Å². The van der Waals surface area contributed by atoms with Crippen molar-refractivity contribution in [1.82, 2.24) is 19.5 Å². The van der Waals surface area contributed by atoms with Crippen LogP contribution >= 0.6 is 0 Å². The second-order valence-corrected chi connectivity index (χ2v) is 12.7. The summed E-state index contributed by atoms with van der Waals surface area (Å²) in [6.07, 6.45) is 0. The zero-order chi connectivity index (χ0) is 34.6. The topological polar surface area (TPSA) is 61.1 Å². The van der Waals surface area contributed by atoms with Gasteiger partial charge in [0.15, 0.2) is 23.2 Å². The lowest BCUT2D eigenvalue weighted by atomic mass is 10.0. The molecular weight excluding hydrogens is 639 g/mol. The van der Waals surface area contributed by atoms with Gasteiger partial charge in [-0.2, -0.15) is 0 Å². The van der Waals surface area contributed by atoms with Gasteiger partial charge in [0, 0.05) is 43.9 Å². The number of hydrogen-bond acceptors (Lipinski definition) is 4. The van der Waals surface area contributed by atoms with Gasteiger partial charge < -0.3 is 8.98 Å². The van der Waals surface area contributed by atoms with Gasteiger partial charge in [-0.25, -0.2) is 19.8 Å². The van der Waals surface area contributed by atoms with Gasteiger partial charge in [0.2, 0.25) is 0 Å². The van der Waals surface area contributed by atoms with Crippen molar-refractivity contribution >= 4 is 49.4 Å². The smallest absolute Gasteiger partial charge is 0.198 e. The maximum atomic E-state index is 7.79. The Morgan fingerprint density at radius 2 is 1.04 bits per heavy atom. The van der Waals surface area contributed by atoms with Gasteiger partial charge in [0.05, 0.1) is 17.6 Å². The van der Waals surface area contributed by atoms with Crippen LogP contribution in [0.3, 0.4) is 0 Å². The minimum Gasteiger partial charge on any atom is -0.457 e. The Morgan fingerprint density at radius 3 is 1.81 bits per heavy atom. The van der Waals surface area contributed by atoms with Crippen LogP contribution in [-0.2, 0) is 0 Å². The normalized spacial score (nSPS) is 11.4. The van der Waals surface area contributed by atoms with Crippen LogP contribution in [0, 0.1) is 6.57 Å². The second kappa shape index (κ2) is 11.9. The molecule has 0 unspecified atom stereocenters. The van der Waals surface area contributed by atoms with Crippen LogP contribution in [0.4, 0.5) is 5.69 Å². The predicted octanol–water partition coefficient (Wildman–Crippen LogP) is 12.1. The fourth-order valence-electron chi connectivity index (χ4n) is 7.21. The molecule has 0 amide bonds. The lowest BCUT2D eigenvalue weighted by molar-refractivity contribution is 0.669. The van der Waals surface area contributed by atoms with Gasteiger partial charge in [0.25, 0.3) is 0 Å². The number of furan rings is 1. The molecule has 10 rings (SSSR count). The number of rotatable bonds is 5. The van der Waals surface area contributed by atoms with E-state index in [-0.39, 0.29) is 0 Å². The first-order chi connectivity index (χ1) is 25.7. The van der Waals surface area contributed by atoms with Crippen molar-refractivity contribution in [3.05, 3.63) is 175 Å². The summed E-state index contributed by atoms with van der Waals surface area (Å²) in [7, 11) is 0. The quantitative estimate of drug-likeness (QED) is 0.172. The Kier molecular flexibility index (Phi) is 6.76. The van der Waals surface area contributed by atoms with Gasteiger partial charge in [-0.3, -0.25) is 0 Å². The summed E-state index contributed by atoms with van der Waals surface area (Å²) in [5.74, 6) is 1.67. The molecule has 3 heterocycles. The van der Waals surface area contributed by atoms with Crippen molar-refractivity contribution < 1.29 is 4.42 Å². The van der Waals surface area contributed by atoms with E-state index in [1.165, 1.54) is 5.39 Å². The van der Waals surface area contributed by atoms with E-state index in [1.54, 1.807) is 0 Å². The van der Waals surface area contributed by atoms with Gasteiger partial charge in [-0.1, -0.05) is 115 Å². The Hall–Kier alpha value is -7.36. The van der Waals surface area contributed by atoms with Gasteiger partial charge in [-0.15, -0.1) is 0 Å². The van der Waals surface area contributed by atoms with E-state index in [0.29, 0.717) is 34.3 Å². The first-order valence-electron chi connectivity index (χ1n) is 17.1. The summed E-state index contributed by atoms with van der Waals surface area (Å²) in [6.45, 7) is 7.79. The Balaban J connectivity index is 1.18. The molecule has 0 aliphatic rings. The fourth-order valence-corrected chi connectivity index (χ4v) is 7.21. The number of nitrogens with zero attached hydrogens (tertiary/aromatic N) is 5. The zero-order valence-corrected chi connectivity index (χ0v) is 27.7. The molecule has 7 aromatic carbocycles. The fraction of sp³-hybridized carbons (Fsp3) is 0. The second-order valence-electron chi connectivity index (χ2n) is 12.7. The number of aromatic nitrogens is 4. The molecule has 6 heteroatoms. The molecule has 0 fully saturated rings. The molecule has 0 atom stereocenters. The molecule has 0 N–H and O–H groups in total. The Morgan fingerprint density at radius 1 is 0.442 bits per heavy atom. The largest absolute Gasteiger partial charge is 0.457 e. The molecule has 0 aliphatic carbocycles. The third kappa shape index (κ3) is 4.84. The predicted molar refractivity (Wildman–Crippen MR) is 209 cm³/mol. The highest BCUT2D eigenvalue weighted by atomic mass is 16.3. The highest BCUT2D eigenvalue weighted by molar-refractivity contribution is 6.13. The third-order valence-electron chi connectivity index (χ3n) is 9.68. The first kappa shape index (κ1) is 29.5. The molecule has 0 saturated carbocycles. The first-order valence-corrected chi connectivity index (χ1v) is 17.1. The summed E-state index contributed by atoms with van der Waals surface area (Å²) in [4.78, 5) is 19.1. The minimum absolute atomic E-state index is 0.535. The van der Waals surface area contributed by atoms with Crippen LogP contribution in [0.2, 0.25) is 0 Å². The van der Waals surface area contributed by atoms with Crippen LogP contribution in [0.25, 0.3) is 99.6 Å². The average Bonchev–Trinajstić information content (AvgIpc) is 3.76. The number of hydrogen-bond donors (Lipinski definition) is 0. The Bertz CT molecular complexity index is 3010. The van der Waals surface area contributed by atoms with Crippen LogP contribution in [0.1, 0.15) is 0 Å². The molecule has 0 aliphatic heterocycles. The molecule has 52 heavy (non-hydrogen) atoms. The third-order valence-corrected chi connectivity index (χ3v) is 9.68. The highest BCUT2D eigenvalue weighted by Gasteiger charge is 2.18. The molecule has 6 nitrogen and oxygen atoms in total. The molecule has 10 aromatic rings. The number of benzene rings is 7. The van der Waals surface area contributed by atoms with Crippen LogP contribution in [-0.4, -0.2) is 19.5 Å². The van der Waals surface area contributed by atoms with E-state index in [9.17, 15) is 0 Å². The SMILES string of the molecule is [C-]#[N+]c1cccc2oc3ccc(-c4nc(-c5ccc(-c6ccccc6)cc5)nc(-c5ccc6c7ccccc7n(-c7ccccc7)c6c5)n4)cc3c12. The number of fused-ring (bicyclic) bond motifs is 6. The molecule has 242 valence electrons. The van der Waals surface area contributed by atoms with Gasteiger partial charge in [0.1, 0.15) is 11.2 Å². The number of para-hydroxylation sites is 2. The lowest BCUT2D eigenvalue weighted by Gasteiger charge is -2.11. The van der Waals surface area contributed by atoms with Crippen molar-refractivity contribution in [2.45, 2.75) is 0 Å². The molecule has 0 bridgehead atoms. The summed E-state index contributed by atoms with van der Waals surface area (Å²) < 4.78 is 8.43. The maximum Gasteiger partial charge on any atom is 0.198 e. The van der Waals surface area contributed by atoms with Crippen molar-refractivity contribution in [1.29, 1.82) is 0 Å². The highest BCUT2D eigenvalue weighted by Crippen LogP contribution is 2.39. The monoisotopic (exact) mass is 665 g/mol. The van der Waals surface area contributed by atoms with E-state index in [4.69, 9.17) is 25.9 Å². The maximum absolute atomic E-state index is 7.79. The summed E-state index contributed by atoms with van der Waals surface area (Å²) in [6, 6.07) is 55.5. The lowest BCUT2D eigenvalue weighted by Crippen LogP contribution is -2.00. The van der Waals surface area contributed by atoms with Crippen molar-refractivity contribution in [3.63, 3.8) is 0 Å². The average molecular weight is 666 g/mol. The summed E-state index contributed by atoms with van der Waals surface area (Å²) in [5.41, 5.74) is 10.1. The molecule has 3 aromatic heterocycles. The summed E-state index contributed by atoms with van der Waals surface area (Å²) >= 11 is 0. The molecule has 0 radical (unpaired) electrons. The minimum atomic E-state index is 0.535. The van der Waals surface area contributed by atoms with Crippen molar-refractivity contribution in [2.24, 2.45) is 0 Å². The van der Waals surface area contributed by atoms with Crippen LogP contribution in [0.5, 0.6) is 0 Å². The van der Waals surface area contributed by atoms with Crippen LogP contribution < -0.4 is 0 Å². The van der Waals surface area contributed by atoms with E-state index in [0.717, 1.165) is 60.7 Å².